The zero-order valence-corrected chi connectivity index (χ0v) is 12.3. The Hall–Kier alpha value is -1.99. The van der Waals surface area contributed by atoms with Gasteiger partial charge in [-0.2, -0.15) is 26.3 Å². The molecule has 0 aliphatic heterocycles. The van der Waals surface area contributed by atoms with Crippen molar-refractivity contribution in [1.29, 1.82) is 0 Å². The van der Waals surface area contributed by atoms with E-state index in [0.29, 0.717) is 12.1 Å². The van der Waals surface area contributed by atoms with Crippen LogP contribution in [0.5, 0.6) is 5.75 Å². The quantitative estimate of drug-likeness (QED) is 0.649. The number of phenolic OH excluding ortho intramolecular Hbond substituents is 1. The lowest BCUT2D eigenvalue weighted by Gasteiger charge is -2.35. The zero-order valence-electron chi connectivity index (χ0n) is 12.3. The number of benzene rings is 1. The number of carbonyl (C=O) groups is 1. The van der Waals surface area contributed by atoms with Gasteiger partial charge in [0, 0.05) is 12.0 Å². The van der Waals surface area contributed by atoms with Gasteiger partial charge in [-0.3, -0.25) is 4.79 Å². The average Bonchev–Trinajstić information content (AvgIpc) is 2.37. The first-order valence-electron chi connectivity index (χ1n) is 6.36. The number of aromatic hydroxyl groups is 1. The summed E-state index contributed by atoms with van der Waals surface area (Å²) in [5, 5.41) is 9.54. The second-order valence-corrected chi connectivity index (χ2v) is 5.35. The van der Waals surface area contributed by atoms with Crippen molar-refractivity contribution in [3.63, 3.8) is 0 Å². The summed E-state index contributed by atoms with van der Waals surface area (Å²) in [6.45, 7) is 4.68. The van der Waals surface area contributed by atoms with Crippen molar-refractivity contribution in [3.8, 4) is 5.75 Å². The van der Waals surface area contributed by atoms with Gasteiger partial charge in [0.25, 0.3) is 0 Å². The maximum atomic E-state index is 13.1. The van der Waals surface area contributed by atoms with Crippen LogP contribution in [0.25, 0.3) is 0 Å². The third-order valence-electron chi connectivity index (χ3n) is 3.57. The van der Waals surface area contributed by atoms with E-state index in [2.05, 4.69) is 6.58 Å². The molecule has 1 rings (SSSR count). The molecule has 1 N–H and O–H groups in total. The van der Waals surface area contributed by atoms with E-state index in [1.165, 1.54) is 6.92 Å². The first kappa shape index (κ1) is 19.1. The number of phenols is 1. The monoisotopic (exact) mass is 340 g/mol. The fourth-order valence-electron chi connectivity index (χ4n) is 1.90. The molecule has 23 heavy (non-hydrogen) atoms. The smallest absolute Gasteiger partial charge is 0.407 e. The van der Waals surface area contributed by atoms with Crippen molar-refractivity contribution >= 4 is 5.78 Å². The van der Waals surface area contributed by atoms with Gasteiger partial charge in [-0.15, -0.1) is 0 Å². The normalized spacial score (nSPS) is 13.0. The molecule has 0 atom stereocenters. The molecule has 1 aromatic carbocycles. The fraction of sp³-hybridized carbons (Fsp3) is 0.400. The molecule has 0 fully saturated rings. The molecule has 0 aliphatic carbocycles. The minimum atomic E-state index is -5.68. The predicted molar refractivity (Wildman–Crippen MR) is 71.1 cm³/mol. The van der Waals surface area contributed by atoms with Crippen LogP contribution in [-0.2, 0) is 16.6 Å². The van der Waals surface area contributed by atoms with Gasteiger partial charge in [0.05, 0.1) is 0 Å². The lowest BCUT2D eigenvalue weighted by molar-refractivity contribution is -0.297. The lowest BCUT2D eigenvalue weighted by Crippen LogP contribution is -2.51. The van der Waals surface area contributed by atoms with Gasteiger partial charge in [0.2, 0.25) is 0 Å². The Morgan fingerprint density at radius 1 is 1.13 bits per heavy atom. The van der Waals surface area contributed by atoms with E-state index in [1.54, 1.807) is 0 Å². The second-order valence-electron chi connectivity index (χ2n) is 5.35. The van der Waals surface area contributed by atoms with E-state index in [9.17, 15) is 36.2 Å². The van der Waals surface area contributed by atoms with Crippen LogP contribution in [0.1, 0.15) is 25.0 Å². The summed E-state index contributed by atoms with van der Waals surface area (Å²) in [6.07, 6.45) is -11.8. The molecule has 0 saturated heterocycles. The Bertz CT molecular complexity index is 614. The summed E-state index contributed by atoms with van der Waals surface area (Å²) >= 11 is 0. The number of Topliss-reactive ketones (excluding diaryl/α,β-unsaturated/α-hetero) is 1. The van der Waals surface area contributed by atoms with Gasteiger partial charge in [-0.1, -0.05) is 18.7 Å². The van der Waals surface area contributed by atoms with E-state index in [1.807, 2.05) is 0 Å². The molecular weight excluding hydrogens is 326 g/mol. The molecule has 0 aliphatic rings. The number of ketones is 1. The number of allylic oxidation sites excluding steroid dienone is 1. The Morgan fingerprint density at radius 2 is 1.61 bits per heavy atom. The van der Waals surface area contributed by atoms with Gasteiger partial charge < -0.3 is 5.11 Å². The molecular formula is C15H14F6O2. The maximum Gasteiger partial charge on any atom is 0.407 e. The summed E-state index contributed by atoms with van der Waals surface area (Å²) in [5.74, 6) is -1.67. The van der Waals surface area contributed by atoms with E-state index in [0.717, 1.165) is 6.07 Å². The summed E-state index contributed by atoms with van der Waals surface area (Å²) in [4.78, 5) is 11.5. The Balaban J connectivity index is 3.50. The summed E-state index contributed by atoms with van der Waals surface area (Å²) < 4.78 is 78.5. The maximum absolute atomic E-state index is 13.1. The minimum absolute atomic E-state index is 0.0492. The average molecular weight is 340 g/mol. The highest BCUT2D eigenvalue weighted by Crippen LogP contribution is 2.53. The van der Waals surface area contributed by atoms with Gasteiger partial charge in [-0.25, -0.2) is 0 Å². The number of halogens is 6. The van der Waals surface area contributed by atoms with E-state index in [-0.39, 0.29) is 18.1 Å². The molecule has 128 valence electrons. The lowest BCUT2D eigenvalue weighted by atomic mass is 9.79. The summed E-state index contributed by atoms with van der Waals surface area (Å²) in [6, 6.07) is 2.36. The SMILES string of the molecule is C=C(C)C(=O)Cc1ccc(O)c(C(C)(C(F)(F)F)C(F)(F)F)c1. The molecule has 0 saturated carbocycles. The van der Waals surface area contributed by atoms with Gasteiger partial charge in [0.15, 0.2) is 11.2 Å². The highest BCUT2D eigenvalue weighted by Gasteiger charge is 2.69. The first-order chi connectivity index (χ1) is 10.2. The fourth-order valence-corrected chi connectivity index (χ4v) is 1.90. The van der Waals surface area contributed by atoms with Crippen LogP contribution < -0.4 is 0 Å². The van der Waals surface area contributed by atoms with Crippen LogP contribution in [-0.4, -0.2) is 23.2 Å². The predicted octanol–water partition coefficient (Wildman–Crippen LogP) is 4.46. The second kappa shape index (κ2) is 5.90. The summed E-state index contributed by atoms with van der Waals surface area (Å²) in [5.41, 5.74) is -5.56. The number of carbonyl (C=O) groups excluding carboxylic acids is 1. The van der Waals surface area contributed by atoms with Gasteiger partial charge in [0.1, 0.15) is 5.75 Å². The van der Waals surface area contributed by atoms with Crippen LogP contribution >= 0.6 is 0 Å². The molecule has 0 heterocycles. The van der Waals surface area contributed by atoms with E-state index in [4.69, 9.17) is 0 Å². The molecule has 0 unspecified atom stereocenters. The van der Waals surface area contributed by atoms with Crippen LogP contribution in [0.4, 0.5) is 26.3 Å². The number of alkyl halides is 6. The van der Waals surface area contributed by atoms with Crippen LogP contribution in [0.2, 0.25) is 0 Å². The molecule has 0 radical (unpaired) electrons. The summed E-state index contributed by atoms with van der Waals surface area (Å²) in [7, 11) is 0. The molecule has 2 nitrogen and oxygen atoms in total. The molecule has 0 spiro atoms. The van der Waals surface area contributed by atoms with Crippen molar-refractivity contribution in [2.45, 2.75) is 38.0 Å². The highest BCUT2D eigenvalue weighted by atomic mass is 19.4. The van der Waals surface area contributed by atoms with Crippen molar-refractivity contribution in [2.24, 2.45) is 0 Å². The van der Waals surface area contributed by atoms with Crippen LogP contribution in [0.3, 0.4) is 0 Å². The number of rotatable bonds is 4. The third-order valence-corrected chi connectivity index (χ3v) is 3.57. The number of hydrogen-bond donors (Lipinski definition) is 1. The Labute approximate surface area is 128 Å². The molecule has 0 bridgehead atoms. The minimum Gasteiger partial charge on any atom is -0.508 e. The van der Waals surface area contributed by atoms with Crippen molar-refractivity contribution in [1.82, 2.24) is 0 Å². The molecule has 8 heteroatoms. The van der Waals surface area contributed by atoms with Gasteiger partial charge in [-0.05, 0) is 31.1 Å². The highest BCUT2D eigenvalue weighted by molar-refractivity contribution is 5.95. The topological polar surface area (TPSA) is 37.3 Å². The standard InChI is InChI=1S/C15H14F6O2/c1-8(2)12(23)7-9-4-5-11(22)10(6-9)13(3,14(16,17)18)15(19,20)21/h4-6,22H,1,7H2,2-3H3. The number of hydrogen-bond acceptors (Lipinski definition) is 2. The molecule has 0 amide bonds. The Morgan fingerprint density at radius 3 is 2.00 bits per heavy atom. The largest absolute Gasteiger partial charge is 0.508 e. The Kier molecular flexibility index (Phi) is 4.89. The van der Waals surface area contributed by atoms with Crippen molar-refractivity contribution < 1.29 is 36.2 Å². The van der Waals surface area contributed by atoms with Gasteiger partial charge >= 0.3 is 12.4 Å². The first-order valence-corrected chi connectivity index (χ1v) is 6.36. The van der Waals surface area contributed by atoms with Crippen LogP contribution in [0, 0.1) is 0 Å². The zero-order chi connectivity index (χ0) is 18.2. The van der Waals surface area contributed by atoms with Crippen molar-refractivity contribution in [2.75, 3.05) is 0 Å². The van der Waals surface area contributed by atoms with E-state index < -0.39 is 41.3 Å². The van der Waals surface area contributed by atoms with E-state index >= 15 is 0 Å². The molecule has 1 aromatic rings. The molecule has 0 aromatic heterocycles. The van der Waals surface area contributed by atoms with Crippen molar-refractivity contribution in [3.05, 3.63) is 41.5 Å². The third kappa shape index (κ3) is 3.51. The van der Waals surface area contributed by atoms with Crippen LogP contribution in [0.15, 0.2) is 30.4 Å².